The van der Waals surface area contributed by atoms with Crippen molar-refractivity contribution in [1.82, 2.24) is 0 Å². The quantitative estimate of drug-likeness (QED) is 0.407. The van der Waals surface area contributed by atoms with Crippen LogP contribution in [0.25, 0.3) is 0 Å². The van der Waals surface area contributed by atoms with Gasteiger partial charge in [-0.05, 0) is 25.7 Å². The van der Waals surface area contributed by atoms with Gasteiger partial charge in [0.1, 0.15) is 0 Å². The summed E-state index contributed by atoms with van der Waals surface area (Å²) in [7, 11) is 1.39. The van der Waals surface area contributed by atoms with Crippen LogP contribution < -0.4 is 0 Å². The standard InChI is InChI=1S/C10H13NO2S/c1-13-10(12)8-4-2-3-5-9(8)11-6-7-14/h6-7H,2-5H2,1H3. The first-order chi connectivity index (χ1) is 6.79. The molecule has 0 aliphatic heterocycles. The Balaban J connectivity index is 2.89. The largest absolute Gasteiger partial charge is 0.466 e. The average Bonchev–Trinajstić information content (AvgIpc) is 2.25. The van der Waals surface area contributed by atoms with Crippen LogP contribution in [0, 0.1) is 0 Å². The van der Waals surface area contributed by atoms with E-state index in [1.165, 1.54) is 12.5 Å². The van der Waals surface area contributed by atoms with Crippen LogP contribution in [0.4, 0.5) is 0 Å². The molecule has 3 nitrogen and oxygen atoms in total. The van der Waals surface area contributed by atoms with Gasteiger partial charge in [-0.3, -0.25) is 4.99 Å². The monoisotopic (exact) mass is 211 g/mol. The van der Waals surface area contributed by atoms with Gasteiger partial charge in [0.2, 0.25) is 0 Å². The number of hydrogen-bond acceptors (Lipinski definition) is 4. The fourth-order valence-electron chi connectivity index (χ4n) is 1.50. The van der Waals surface area contributed by atoms with Crippen molar-refractivity contribution in [2.75, 3.05) is 7.11 Å². The number of methoxy groups -OCH3 is 1. The lowest BCUT2D eigenvalue weighted by Gasteiger charge is -2.14. The molecule has 14 heavy (non-hydrogen) atoms. The molecular weight excluding hydrogens is 198 g/mol. The zero-order chi connectivity index (χ0) is 10.4. The van der Waals surface area contributed by atoms with E-state index in [4.69, 9.17) is 4.74 Å². The molecule has 0 saturated heterocycles. The second-order valence-corrected chi connectivity index (χ2v) is 3.31. The van der Waals surface area contributed by atoms with Gasteiger partial charge in [0.25, 0.3) is 0 Å². The molecule has 4 heteroatoms. The first kappa shape index (κ1) is 11.0. The van der Waals surface area contributed by atoms with E-state index in [-0.39, 0.29) is 5.97 Å². The van der Waals surface area contributed by atoms with Crippen LogP contribution in [0.3, 0.4) is 0 Å². The third kappa shape index (κ3) is 2.73. The van der Waals surface area contributed by atoms with Crippen LogP contribution in [0.1, 0.15) is 25.7 Å². The normalized spacial score (nSPS) is 17.2. The molecule has 0 unspecified atom stereocenters. The molecule has 76 valence electrons. The molecule has 1 aliphatic carbocycles. The lowest BCUT2D eigenvalue weighted by molar-refractivity contribution is -0.136. The number of thiocarbonyl (C=S) groups is 1. The van der Waals surface area contributed by atoms with Gasteiger partial charge >= 0.3 is 5.97 Å². The number of ether oxygens (including phenoxy) is 1. The fraction of sp³-hybridized carbons (Fsp3) is 0.500. The van der Waals surface area contributed by atoms with Crippen LogP contribution >= 0.6 is 12.2 Å². The van der Waals surface area contributed by atoms with Crippen molar-refractivity contribution < 1.29 is 9.53 Å². The van der Waals surface area contributed by atoms with E-state index in [9.17, 15) is 4.79 Å². The predicted octanol–water partition coefficient (Wildman–Crippen LogP) is 2.06. The Labute approximate surface area is 88.9 Å². The van der Waals surface area contributed by atoms with E-state index in [2.05, 4.69) is 17.2 Å². The zero-order valence-electron chi connectivity index (χ0n) is 8.16. The Kier molecular flexibility index (Phi) is 4.46. The molecular formula is C10H13NO2S. The van der Waals surface area contributed by atoms with Crippen molar-refractivity contribution in [3.8, 4) is 0 Å². The molecule has 1 rings (SSSR count). The molecule has 0 radical (unpaired) electrons. The van der Waals surface area contributed by atoms with E-state index in [0.29, 0.717) is 5.57 Å². The molecule has 0 N–H and O–H groups in total. The van der Waals surface area contributed by atoms with Crippen LogP contribution in [-0.2, 0) is 9.53 Å². The molecule has 0 atom stereocenters. The van der Waals surface area contributed by atoms with Gasteiger partial charge in [-0.25, -0.2) is 4.79 Å². The predicted molar refractivity (Wildman–Crippen MR) is 59.7 cm³/mol. The Morgan fingerprint density at radius 1 is 1.50 bits per heavy atom. The molecule has 0 aromatic heterocycles. The molecule has 0 saturated carbocycles. The zero-order valence-corrected chi connectivity index (χ0v) is 8.97. The van der Waals surface area contributed by atoms with Crippen molar-refractivity contribution in [2.24, 2.45) is 4.99 Å². The minimum absolute atomic E-state index is 0.263. The summed E-state index contributed by atoms with van der Waals surface area (Å²) in [6, 6.07) is 0. The molecule has 0 fully saturated rings. The smallest absolute Gasteiger partial charge is 0.335 e. The number of nitrogens with zero attached hydrogens (tertiary/aromatic N) is 1. The molecule has 1 aliphatic rings. The lowest BCUT2D eigenvalue weighted by Crippen LogP contribution is -2.10. The molecule has 0 heterocycles. The first-order valence-corrected chi connectivity index (χ1v) is 5.05. The summed E-state index contributed by atoms with van der Waals surface area (Å²) in [4.78, 5) is 15.5. The number of allylic oxidation sites excluding steroid dienone is 1. The van der Waals surface area contributed by atoms with Crippen LogP contribution in [-0.4, -0.2) is 24.7 Å². The maximum atomic E-state index is 11.4. The van der Waals surface area contributed by atoms with Crippen molar-refractivity contribution in [3.63, 3.8) is 0 Å². The minimum atomic E-state index is -0.263. The Morgan fingerprint density at radius 3 is 2.86 bits per heavy atom. The summed E-state index contributed by atoms with van der Waals surface area (Å²) in [6.07, 6.45) is 5.24. The number of aliphatic imine (C=N–C) groups is 1. The van der Waals surface area contributed by atoms with Crippen molar-refractivity contribution >= 4 is 29.8 Å². The van der Waals surface area contributed by atoms with E-state index in [1.54, 1.807) is 6.21 Å². The van der Waals surface area contributed by atoms with Gasteiger partial charge in [0, 0.05) is 11.6 Å². The number of rotatable bonds is 3. The topological polar surface area (TPSA) is 38.7 Å². The van der Waals surface area contributed by atoms with Gasteiger partial charge in [0.15, 0.2) is 0 Å². The third-order valence-corrected chi connectivity index (χ3v) is 2.28. The minimum Gasteiger partial charge on any atom is -0.466 e. The molecule has 0 aromatic rings. The van der Waals surface area contributed by atoms with Crippen LogP contribution in [0.15, 0.2) is 16.3 Å². The number of hydrogen-bond donors (Lipinski definition) is 0. The lowest BCUT2D eigenvalue weighted by atomic mass is 9.96. The van der Waals surface area contributed by atoms with Crippen LogP contribution in [0.2, 0.25) is 0 Å². The fourth-order valence-corrected chi connectivity index (χ4v) is 1.56. The maximum absolute atomic E-state index is 11.4. The molecule has 0 spiro atoms. The highest BCUT2D eigenvalue weighted by molar-refractivity contribution is 7.80. The van der Waals surface area contributed by atoms with Gasteiger partial charge < -0.3 is 4.74 Å². The van der Waals surface area contributed by atoms with Crippen LogP contribution in [0.5, 0.6) is 0 Å². The summed E-state index contributed by atoms with van der Waals surface area (Å²) in [5.41, 5.74) is 1.52. The highest BCUT2D eigenvalue weighted by Gasteiger charge is 2.18. The number of carbonyl (C=O) groups excluding carboxylic acids is 1. The maximum Gasteiger partial charge on any atom is 0.335 e. The van der Waals surface area contributed by atoms with Crippen molar-refractivity contribution in [1.29, 1.82) is 0 Å². The van der Waals surface area contributed by atoms with E-state index >= 15 is 0 Å². The molecule has 0 aromatic carbocycles. The average molecular weight is 211 g/mol. The summed E-state index contributed by atoms with van der Waals surface area (Å²) >= 11 is 4.64. The number of esters is 1. The van der Waals surface area contributed by atoms with Gasteiger partial charge in [0.05, 0.1) is 18.4 Å². The highest BCUT2D eigenvalue weighted by Crippen LogP contribution is 2.26. The Hall–Kier alpha value is -1.03. The summed E-state index contributed by atoms with van der Waals surface area (Å²) in [5.74, 6) is -0.263. The third-order valence-electron chi connectivity index (χ3n) is 2.16. The first-order valence-electron chi connectivity index (χ1n) is 4.57. The second-order valence-electron chi connectivity index (χ2n) is 3.04. The SMILES string of the molecule is COC(=O)C1=C(N=CC=S)CCCC1. The highest BCUT2D eigenvalue weighted by atomic mass is 32.1. The van der Waals surface area contributed by atoms with E-state index in [0.717, 1.165) is 31.4 Å². The van der Waals surface area contributed by atoms with Gasteiger partial charge in [-0.15, -0.1) is 0 Å². The summed E-state index contributed by atoms with van der Waals surface area (Å²) in [6.45, 7) is 0. The Bertz CT molecular complexity index is 294. The van der Waals surface area contributed by atoms with Gasteiger partial charge in [-0.2, -0.15) is 0 Å². The second kappa shape index (κ2) is 5.65. The Morgan fingerprint density at radius 2 is 2.21 bits per heavy atom. The summed E-state index contributed by atoms with van der Waals surface area (Å²) in [5, 5.41) is 1.44. The van der Waals surface area contributed by atoms with Crippen molar-refractivity contribution in [3.05, 3.63) is 11.3 Å². The van der Waals surface area contributed by atoms with E-state index < -0.39 is 0 Å². The molecule has 0 amide bonds. The summed E-state index contributed by atoms with van der Waals surface area (Å²) < 4.78 is 4.69. The number of carbonyl (C=O) groups is 1. The van der Waals surface area contributed by atoms with E-state index in [1.807, 2.05) is 0 Å². The molecule has 0 bridgehead atoms. The van der Waals surface area contributed by atoms with Gasteiger partial charge in [-0.1, -0.05) is 12.2 Å². The van der Waals surface area contributed by atoms with Crippen molar-refractivity contribution in [2.45, 2.75) is 25.7 Å².